The fourth-order valence-corrected chi connectivity index (χ4v) is 2.94. The van der Waals surface area contributed by atoms with Gasteiger partial charge in [-0.05, 0) is 30.5 Å². The van der Waals surface area contributed by atoms with E-state index in [1.807, 2.05) is 0 Å². The molecule has 1 saturated heterocycles. The lowest BCUT2D eigenvalue weighted by molar-refractivity contribution is 0.0702. The molecule has 1 aromatic heterocycles. The lowest BCUT2D eigenvalue weighted by Gasteiger charge is -2.32. The Hall–Kier alpha value is -1.95. The maximum atomic E-state index is 14.0. The number of likely N-dealkylation sites (tertiary alicyclic amines) is 1. The Morgan fingerprint density at radius 1 is 1.41 bits per heavy atom. The van der Waals surface area contributed by atoms with Gasteiger partial charge in [-0.2, -0.15) is 5.10 Å². The first-order valence-corrected chi connectivity index (χ1v) is 7.37. The third kappa shape index (κ3) is 2.70. The molecule has 1 amide bonds. The minimum Gasteiger partial charge on any atom is -0.338 e. The van der Waals surface area contributed by atoms with E-state index in [0.717, 1.165) is 30.5 Å². The van der Waals surface area contributed by atoms with Crippen molar-refractivity contribution in [1.29, 1.82) is 0 Å². The highest BCUT2D eigenvalue weighted by atomic mass is 35.5. The van der Waals surface area contributed by atoms with Crippen molar-refractivity contribution >= 4 is 17.5 Å². The van der Waals surface area contributed by atoms with Gasteiger partial charge in [-0.15, -0.1) is 0 Å². The summed E-state index contributed by atoms with van der Waals surface area (Å²) in [5, 5.41) is 6.02. The number of aromatic amines is 1. The number of rotatable bonds is 2. The van der Waals surface area contributed by atoms with Gasteiger partial charge in [0.25, 0.3) is 5.91 Å². The zero-order chi connectivity index (χ0) is 15.7. The molecule has 4 nitrogen and oxygen atoms in total. The SMILES string of the molecule is O=C(c1ccc(F)c(Cl)c1F)N1CCCC(c2cn[nH]c2)C1. The molecule has 1 atom stereocenters. The van der Waals surface area contributed by atoms with Crippen LogP contribution in [0.3, 0.4) is 0 Å². The van der Waals surface area contributed by atoms with E-state index < -0.39 is 22.6 Å². The Labute approximate surface area is 131 Å². The number of nitrogens with zero attached hydrogens (tertiary/aromatic N) is 2. The van der Waals surface area contributed by atoms with Crippen LogP contribution in [0.1, 0.15) is 34.7 Å². The number of H-pyrrole nitrogens is 1. The van der Waals surface area contributed by atoms with Crippen LogP contribution in [0.15, 0.2) is 24.5 Å². The van der Waals surface area contributed by atoms with E-state index in [-0.39, 0.29) is 11.5 Å². The molecule has 0 radical (unpaired) electrons. The molecule has 1 unspecified atom stereocenters. The van der Waals surface area contributed by atoms with Crippen molar-refractivity contribution in [2.24, 2.45) is 0 Å². The molecule has 2 aromatic rings. The van der Waals surface area contributed by atoms with Crippen LogP contribution in [-0.2, 0) is 0 Å². The summed E-state index contributed by atoms with van der Waals surface area (Å²) >= 11 is 5.54. The van der Waals surface area contributed by atoms with Crippen LogP contribution in [0.5, 0.6) is 0 Å². The number of hydrogen-bond donors (Lipinski definition) is 1. The quantitative estimate of drug-likeness (QED) is 0.861. The molecule has 2 heterocycles. The van der Waals surface area contributed by atoms with Crippen molar-refractivity contribution in [3.8, 4) is 0 Å². The standard InChI is InChI=1S/C15H14ClF2N3O/c16-13-12(17)4-3-11(14(13)18)15(22)21-5-1-2-9(8-21)10-6-19-20-7-10/h3-4,6-7,9H,1-2,5,8H2,(H,19,20). The number of hydrogen-bond acceptors (Lipinski definition) is 2. The number of carbonyl (C=O) groups is 1. The van der Waals surface area contributed by atoms with Crippen molar-refractivity contribution in [2.45, 2.75) is 18.8 Å². The third-order valence-electron chi connectivity index (χ3n) is 3.96. The van der Waals surface area contributed by atoms with Gasteiger partial charge in [-0.25, -0.2) is 8.78 Å². The number of piperidine rings is 1. The van der Waals surface area contributed by atoms with Crippen LogP contribution >= 0.6 is 11.6 Å². The molecule has 3 rings (SSSR count). The van der Waals surface area contributed by atoms with Gasteiger partial charge in [-0.3, -0.25) is 9.89 Å². The predicted octanol–water partition coefficient (Wildman–Crippen LogP) is 3.36. The molecule has 7 heteroatoms. The van der Waals surface area contributed by atoms with Gasteiger partial charge >= 0.3 is 0 Å². The maximum Gasteiger partial charge on any atom is 0.256 e. The average Bonchev–Trinajstić information content (AvgIpc) is 3.07. The summed E-state index contributed by atoms with van der Waals surface area (Å²) in [6.07, 6.45) is 5.29. The summed E-state index contributed by atoms with van der Waals surface area (Å²) in [5.74, 6) is -2.18. The summed E-state index contributed by atoms with van der Waals surface area (Å²) in [6, 6.07) is 2.15. The Bertz CT molecular complexity index is 690. The van der Waals surface area contributed by atoms with Crippen molar-refractivity contribution in [1.82, 2.24) is 15.1 Å². The van der Waals surface area contributed by atoms with Gasteiger partial charge < -0.3 is 4.90 Å². The van der Waals surface area contributed by atoms with E-state index in [9.17, 15) is 13.6 Å². The predicted molar refractivity (Wildman–Crippen MR) is 77.8 cm³/mol. The summed E-state index contributed by atoms with van der Waals surface area (Å²) in [5.41, 5.74) is 0.828. The third-order valence-corrected chi connectivity index (χ3v) is 4.31. The van der Waals surface area contributed by atoms with Gasteiger partial charge in [0.1, 0.15) is 10.8 Å². The van der Waals surface area contributed by atoms with Crippen LogP contribution in [0, 0.1) is 11.6 Å². The summed E-state index contributed by atoms with van der Waals surface area (Å²) in [6.45, 7) is 1.02. The molecule has 1 aliphatic heterocycles. The molecule has 0 aliphatic carbocycles. The molecular weight excluding hydrogens is 312 g/mol. The van der Waals surface area contributed by atoms with Crippen LogP contribution < -0.4 is 0 Å². The van der Waals surface area contributed by atoms with E-state index in [2.05, 4.69) is 10.2 Å². The molecule has 116 valence electrons. The molecule has 1 aliphatic rings. The van der Waals surface area contributed by atoms with Gasteiger partial charge in [0, 0.05) is 25.2 Å². The number of aromatic nitrogens is 2. The van der Waals surface area contributed by atoms with Crippen molar-refractivity contribution in [3.05, 3.63) is 52.3 Å². The zero-order valence-corrected chi connectivity index (χ0v) is 12.4. The van der Waals surface area contributed by atoms with Gasteiger partial charge in [-0.1, -0.05) is 11.6 Å². The lowest BCUT2D eigenvalue weighted by atomic mass is 9.92. The highest BCUT2D eigenvalue weighted by Gasteiger charge is 2.28. The second-order valence-electron chi connectivity index (χ2n) is 5.34. The number of nitrogens with one attached hydrogen (secondary N) is 1. The highest BCUT2D eigenvalue weighted by molar-refractivity contribution is 6.31. The van der Waals surface area contributed by atoms with Gasteiger partial charge in [0.15, 0.2) is 5.82 Å². The average molecular weight is 326 g/mol. The first-order chi connectivity index (χ1) is 10.6. The Kier molecular flexibility index (Phi) is 4.11. The van der Waals surface area contributed by atoms with E-state index in [4.69, 9.17) is 11.6 Å². The van der Waals surface area contributed by atoms with E-state index in [0.29, 0.717) is 13.1 Å². The van der Waals surface area contributed by atoms with Gasteiger partial charge in [0.05, 0.1) is 11.8 Å². The van der Waals surface area contributed by atoms with E-state index in [1.165, 1.54) is 0 Å². The fraction of sp³-hybridized carbons (Fsp3) is 0.333. The maximum absolute atomic E-state index is 14.0. The molecular formula is C15H14ClF2N3O. The molecule has 0 bridgehead atoms. The topological polar surface area (TPSA) is 49.0 Å². The molecule has 22 heavy (non-hydrogen) atoms. The van der Waals surface area contributed by atoms with Crippen molar-refractivity contribution < 1.29 is 13.6 Å². The molecule has 1 fully saturated rings. The normalized spacial score (nSPS) is 18.5. The summed E-state index contributed by atoms with van der Waals surface area (Å²) < 4.78 is 27.2. The number of carbonyl (C=O) groups excluding carboxylic acids is 1. The second kappa shape index (κ2) is 6.04. The van der Waals surface area contributed by atoms with Crippen LogP contribution in [0.2, 0.25) is 5.02 Å². The van der Waals surface area contributed by atoms with E-state index >= 15 is 0 Å². The first-order valence-electron chi connectivity index (χ1n) is 6.99. The zero-order valence-electron chi connectivity index (χ0n) is 11.7. The summed E-state index contributed by atoms with van der Waals surface area (Å²) in [4.78, 5) is 14.1. The van der Waals surface area contributed by atoms with Crippen LogP contribution in [0.25, 0.3) is 0 Å². The second-order valence-corrected chi connectivity index (χ2v) is 5.72. The largest absolute Gasteiger partial charge is 0.338 e. The number of halogens is 3. The molecule has 0 spiro atoms. The van der Waals surface area contributed by atoms with E-state index in [1.54, 1.807) is 17.3 Å². The fourth-order valence-electron chi connectivity index (χ4n) is 2.78. The minimum absolute atomic E-state index is 0.162. The van der Waals surface area contributed by atoms with Crippen molar-refractivity contribution in [3.63, 3.8) is 0 Å². The lowest BCUT2D eigenvalue weighted by Crippen LogP contribution is -2.39. The molecule has 0 saturated carbocycles. The first kappa shape index (κ1) is 15.0. The molecule has 1 aromatic carbocycles. The van der Waals surface area contributed by atoms with Crippen LogP contribution in [-0.4, -0.2) is 34.1 Å². The minimum atomic E-state index is -1.00. The Morgan fingerprint density at radius 3 is 2.95 bits per heavy atom. The van der Waals surface area contributed by atoms with Crippen molar-refractivity contribution in [2.75, 3.05) is 13.1 Å². The molecule has 1 N–H and O–H groups in total. The van der Waals surface area contributed by atoms with Gasteiger partial charge in [0.2, 0.25) is 0 Å². The monoisotopic (exact) mass is 325 g/mol. The number of amides is 1. The van der Waals surface area contributed by atoms with Crippen LogP contribution in [0.4, 0.5) is 8.78 Å². The Balaban J connectivity index is 1.82. The smallest absolute Gasteiger partial charge is 0.256 e. The highest BCUT2D eigenvalue weighted by Crippen LogP contribution is 2.28. The Morgan fingerprint density at radius 2 is 2.23 bits per heavy atom. The number of benzene rings is 1. The summed E-state index contributed by atoms with van der Waals surface area (Å²) in [7, 11) is 0.